The van der Waals surface area contributed by atoms with Crippen LogP contribution in [-0.2, 0) is 18.3 Å². The summed E-state index contributed by atoms with van der Waals surface area (Å²) in [5.41, 5.74) is 2.23. The summed E-state index contributed by atoms with van der Waals surface area (Å²) in [5.74, 6) is -1.18. The van der Waals surface area contributed by atoms with E-state index in [9.17, 15) is 14.0 Å². The second-order valence-corrected chi connectivity index (χ2v) is 5.16. The van der Waals surface area contributed by atoms with Crippen LogP contribution in [0.3, 0.4) is 0 Å². The molecule has 0 saturated heterocycles. The molecule has 114 valence electrons. The van der Waals surface area contributed by atoms with Crippen LogP contribution in [0, 0.1) is 5.95 Å². The third-order valence-corrected chi connectivity index (χ3v) is 3.68. The molecule has 0 radical (unpaired) electrons. The van der Waals surface area contributed by atoms with Gasteiger partial charge in [0.15, 0.2) is 5.69 Å². The second kappa shape index (κ2) is 5.25. The van der Waals surface area contributed by atoms with E-state index in [0.29, 0.717) is 17.9 Å². The van der Waals surface area contributed by atoms with Crippen molar-refractivity contribution in [1.29, 1.82) is 0 Å². The van der Waals surface area contributed by atoms with Crippen LogP contribution in [0.5, 0.6) is 0 Å². The van der Waals surface area contributed by atoms with E-state index < -0.39 is 11.9 Å². The van der Waals surface area contributed by atoms with Gasteiger partial charge in [0.25, 0.3) is 5.91 Å². The van der Waals surface area contributed by atoms with Gasteiger partial charge < -0.3 is 10.2 Å². The van der Waals surface area contributed by atoms with Gasteiger partial charge in [0.05, 0.1) is 11.4 Å². The van der Waals surface area contributed by atoms with Crippen LogP contribution < -0.4 is 10.2 Å². The van der Waals surface area contributed by atoms with Crippen molar-refractivity contribution in [3.05, 3.63) is 41.5 Å². The molecule has 1 aliphatic rings. The molecule has 2 amide bonds. The zero-order valence-corrected chi connectivity index (χ0v) is 12.3. The summed E-state index contributed by atoms with van der Waals surface area (Å²) in [6.07, 6.45) is 0.747. The lowest BCUT2D eigenvalue weighted by Crippen LogP contribution is -2.27. The number of carbonyl (C=O) groups is 2. The number of hydrogen-bond acceptors (Lipinski definition) is 3. The Hall–Kier alpha value is -2.70. The fraction of sp³-hybridized carbons (Fsp3) is 0.267. The average Bonchev–Trinajstić information content (AvgIpc) is 3.04. The van der Waals surface area contributed by atoms with Crippen LogP contribution in [0.1, 0.15) is 23.0 Å². The van der Waals surface area contributed by atoms with Crippen molar-refractivity contribution < 1.29 is 14.0 Å². The minimum absolute atomic E-state index is 0.00928. The smallest absolute Gasteiger partial charge is 0.276 e. The maximum absolute atomic E-state index is 13.3. The number of halogens is 1. The van der Waals surface area contributed by atoms with Gasteiger partial charge in [0.2, 0.25) is 11.9 Å². The largest absolute Gasteiger partial charge is 0.319 e. The first-order chi connectivity index (χ1) is 10.5. The minimum Gasteiger partial charge on any atom is -0.319 e. The van der Waals surface area contributed by atoms with Crippen molar-refractivity contribution in [2.45, 2.75) is 13.3 Å². The molecular weight excluding hydrogens is 287 g/mol. The van der Waals surface area contributed by atoms with Gasteiger partial charge in [-0.05, 0) is 18.1 Å². The number of carbonyl (C=O) groups excluding carboxylic acids is 2. The van der Waals surface area contributed by atoms with Gasteiger partial charge in [-0.2, -0.15) is 9.49 Å². The van der Waals surface area contributed by atoms with Crippen LogP contribution >= 0.6 is 0 Å². The molecule has 1 N–H and O–H groups in total. The van der Waals surface area contributed by atoms with E-state index in [1.807, 2.05) is 12.1 Å². The fourth-order valence-corrected chi connectivity index (χ4v) is 2.61. The van der Waals surface area contributed by atoms with Crippen molar-refractivity contribution >= 4 is 23.2 Å². The number of hydrogen-bond donors (Lipinski definition) is 1. The lowest BCUT2D eigenvalue weighted by Gasteiger charge is -2.18. The number of amides is 2. The average molecular weight is 302 g/mol. The Kier molecular flexibility index (Phi) is 3.40. The molecule has 2 aromatic rings. The Balaban J connectivity index is 1.92. The number of rotatable bonds is 2. The molecule has 2 heterocycles. The van der Waals surface area contributed by atoms with Crippen molar-refractivity contribution in [3.63, 3.8) is 0 Å². The van der Waals surface area contributed by atoms with Crippen LogP contribution in [0.25, 0.3) is 0 Å². The zero-order chi connectivity index (χ0) is 15.9. The molecule has 3 rings (SSSR count). The van der Waals surface area contributed by atoms with Crippen molar-refractivity contribution in [3.8, 4) is 0 Å². The first-order valence-electron chi connectivity index (χ1n) is 6.88. The summed E-state index contributed by atoms with van der Waals surface area (Å²) < 4.78 is 14.3. The number of fused-ring (bicyclic) bond motifs is 1. The summed E-state index contributed by atoms with van der Waals surface area (Å²) >= 11 is 0. The van der Waals surface area contributed by atoms with Crippen molar-refractivity contribution in [1.82, 2.24) is 9.78 Å². The first-order valence-corrected chi connectivity index (χ1v) is 6.88. The van der Waals surface area contributed by atoms with E-state index in [2.05, 4.69) is 10.4 Å². The van der Waals surface area contributed by atoms with Crippen LogP contribution in [-0.4, -0.2) is 28.1 Å². The Morgan fingerprint density at radius 2 is 2.14 bits per heavy atom. The summed E-state index contributed by atoms with van der Waals surface area (Å²) in [5, 5.41) is 6.51. The molecule has 6 nitrogen and oxygen atoms in total. The second-order valence-electron chi connectivity index (χ2n) is 5.16. The van der Waals surface area contributed by atoms with Crippen molar-refractivity contribution in [2.75, 3.05) is 16.8 Å². The SMILES string of the molecule is CC(=O)N1CCc2cccc(NC(=O)c3cc(F)n(C)n3)c21. The van der Waals surface area contributed by atoms with E-state index in [1.165, 1.54) is 14.0 Å². The van der Waals surface area contributed by atoms with Gasteiger partial charge in [0.1, 0.15) is 0 Å². The zero-order valence-electron chi connectivity index (χ0n) is 12.3. The van der Waals surface area contributed by atoms with E-state index in [1.54, 1.807) is 11.0 Å². The number of para-hydroxylation sites is 1. The van der Waals surface area contributed by atoms with Gasteiger partial charge in [0, 0.05) is 26.6 Å². The number of anilines is 2. The number of aromatic nitrogens is 2. The van der Waals surface area contributed by atoms with Gasteiger partial charge >= 0.3 is 0 Å². The monoisotopic (exact) mass is 302 g/mol. The Labute approximate surface area is 126 Å². The highest BCUT2D eigenvalue weighted by Gasteiger charge is 2.26. The molecule has 0 fully saturated rings. The highest BCUT2D eigenvalue weighted by Crippen LogP contribution is 2.35. The van der Waals surface area contributed by atoms with E-state index >= 15 is 0 Å². The molecule has 0 spiro atoms. The summed E-state index contributed by atoms with van der Waals surface area (Å²) in [7, 11) is 1.42. The van der Waals surface area contributed by atoms with Crippen molar-refractivity contribution in [2.24, 2.45) is 7.05 Å². The topological polar surface area (TPSA) is 67.2 Å². The molecule has 0 atom stereocenters. The highest BCUT2D eigenvalue weighted by atomic mass is 19.1. The molecule has 0 unspecified atom stereocenters. The first kappa shape index (κ1) is 14.2. The Morgan fingerprint density at radius 3 is 2.77 bits per heavy atom. The molecule has 22 heavy (non-hydrogen) atoms. The molecule has 1 aliphatic heterocycles. The Bertz CT molecular complexity index is 749. The maximum atomic E-state index is 13.3. The van der Waals surface area contributed by atoms with E-state index in [-0.39, 0.29) is 11.6 Å². The predicted molar refractivity (Wildman–Crippen MR) is 79.3 cm³/mol. The quantitative estimate of drug-likeness (QED) is 0.918. The van der Waals surface area contributed by atoms with E-state index in [0.717, 1.165) is 22.7 Å². The van der Waals surface area contributed by atoms with Crippen LogP contribution in [0.4, 0.5) is 15.8 Å². The van der Waals surface area contributed by atoms with Crippen LogP contribution in [0.2, 0.25) is 0 Å². The summed E-state index contributed by atoms with van der Waals surface area (Å²) in [4.78, 5) is 25.5. The standard InChI is InChI=1S/C15H15FN4O2/c1-9(21)20-7-6-10-4-3-5-11(14(10)20)17-15(22)12-8-13(16)19(2)18-12/h3-5,8H,6-7H2,1-2H3,(H,17,22). The molecule has 7 heteroatoms. The van der Waals surface area contributed by atoms with Gasteiger partial charge in [-0.15, -0.1) is 0 Å². The third kappa shape index (κ3) is 2.34. The number of nitrogens with zero attached hydrogens (tertiary/aromatic N) is 3. The molecular formula is C15H15FN4O2. The molecule has 0 bridgehead atoms. The lowest BCUT2D eigenvalue weighted by atomic mass is 10.1. The number of aryl methyl sites for hydroxylation is 1. The van der Waals surface area contributed by atoms with Crippen LogP contribution in [0.15, 0.2) is 24.3 Å². The third-order valence-electron chi connectivity index (χ3n) is 3.68. The fourth-order valence-electron chi connectivity index (χ4n) is 2.61. The normalized spacial score (nSPS) is 13.1. The summed E-state index contributed by atoms with van der Waals surface area (Å²) in [6.45, 7) is 2.08. The molecule has 1 aromatic carbocycles. The molecule has 0 aliphatic carbocycles. The molecule has 1 aromatic heterocycles. The molecule has 0 saturated carbocycles. The number of benzene rings is 1. The van der Waals surface area contributed by atoms with Gasteiger partial charge in [-0.3, -0.25) is 9.59 Å². The van der Waals surface area contributed by atoms with E-state index in [4.69, 9.17) is 0 Å². The maximum Gasteiger partial charge on any atom is 0.276 e. The Morgan fingerprint density at radius 1 is 1.36 bits per heavy atom. The lowest BCUT2D eigenvalue weighted by molar-refractivity contribution is -0.116. The predicted octanol–water partition coefficient (Wildman–Crippen LogP) is 1.72. The number of nitrogens with one attached hydrogen (secondary N) is 1. The van der Waals surface area contributed by atoms with Gasteiger partial charge in [-0.25, -0.2) is 4.68 Å². The minimum atomic E-state index is -0.589. The van der Waals surface area contributed by atoms with Gasteiger partial charge in [-0.1, -0.05) is 12.1 Å². The highest BCUT2D eigenvalue weighted by molar-refractivity contribution is 6.07. The summed E-state index contributed by atoms with van der Waals surface area (Å²) in [6, 6.07) is 6.53.